The molecule has 1 saturated carbocycles. The van der Waals surface area contributed by atoms with Crippen LogP contribution in [0.1, 0.15) is 37.8 Å². The molecule has 1 aromatic heterocycles. The Morgan fingerprint density at radius 2 is 1.86 bits per heavy atom. The maximum absolute atomic E-state index is 12.6. The van der Waals surface area contributed by atoms with E-state index in [0.29, 0.717) is 5.82 Å². The smallest absolute Gasteiger partial charge is 0.347 e. The number of anilines is 1. The highest BCUT2D eigenvalue weighted by Gasteiger charge is 2.41. The average Bonchev–Trinajstić information content (AvgIpc) is 2.48. The fourth-order valence-corrected chi connectivity index (χ4v) is 3.48. The molecule has 1 N–H and O–H groups in total. The van der Waals surface area contributed by atoms with Gasteiger partial charge in [-0.15, -0.1) is 10.2 Å². The summed E-state index contributed by atoms with van der Waals surface area (Å²) < 4.78 is 37.8. The monoisotopic (exact) mass is 300 g/mol. The molecule has 0 radical (unpaired) electrons. The first-order valence-corrected chi connectivity index (χ1v) is 7.41. The third-order valence-corrected chi connectivity index (χ3v) is 4.54. The van der Waals surface area contributed by atoms with Crippen LogP contribution in [0.5, 0.6) is 0 Å². The van der Waals surface area contributed by atoms with Crippen molar-refractivity contribution in [2.45, 2.75) is 43.8 Å². The molecule has 0 atom stereocenters. The summed E-state index contributed by atoms with van der Waals surface area (Å²) in [6, 6.07) is 2.48. The number of hydrogen-bond acceptors (Lipinski definition) is 4. The Balaban J connectivity index is 1.86. The summed E-state index contributed by atoms with van der Waals surface area (Å²) in [6.45, 7) is 2.46. The van der Waals surface area contributed by atoms with E-state index in [1.807, 2.05) is 0 Å². The maximum Gasteiger partial charge on any atom is 0.435 e. The zero-order valence-electron chi connectivity index (χ0n) is 11.8. The molecule has 1 aliphatic carbocycles. The van der Waals surface area contributed by atoms with Gasteiger partial charge in [0.05, 0.1) is 5.54 Å². The Kier molecular flexibility index (Phi) is 3.77. The van der Waals surface area contributed by atoms with Crippen LogP contribution >= 0.6 is 0 Å². The Hall–Kier alpha value is -1.37. The predicted octanol–water partition coefficient (Wildman–Crippen LogP) is 2.61. The second-order valence-electron chi connectivity index (χ2n) is 5.89. The summed E-state index contributed by atoms with van der Waals surface area (Å²) in [5, 5.41) is 10.6. The SMILES string of the molecule is FC(F)(F)c1ccc(N2CCNCC23CCCCC3)nn1. The fraction of sp³-hybridized carbons (Fsp3) is 0.714. The normalized spacial score (nSPS) is 22.5. The number of alkyl halides is 3. The average molecular weight is 300 g/mol. The van der Waals surface area contributed by atoms with E-state index in [1.165, 1.54) is 12.5 Å². The summed E-state index contributed by atoms with van der Waals surface area (Å²) in [5.41, 5.74) is -0.940. The van der Waals surface area contributed by atoms with Crippen LogP contribution in [0.25, 0.3) is 0 Å². The van der Waals surface area contributed by atoms with Crippen LogP contribution in [0.4, 0.5) is 19.0 Å². The van der Waals surface area contributed by atoms with Gasteiger partial charge in [0, 0.05) is 19.6 Å². The molecule has 0 unspecified atom stereocenters. The standard InChI is InChI=1S/C14H19F3N4/c15-14(16,17)11-4-5-12(20-19-11)21-9-8-18-10-13(21)6-2-1-3-7-13/h4-5,18H,1-3,6-10H2. The van der Waals surface area contributed by atoms with E-state index < -0.39 is 11.9 Å². The van der Waals surface area contributed by atoms with Crippen LogP contribution in [0.3, 0.4) is 0 Å². The first kappa shape index (κ1) is 14.6. The van der Waals surface area contributed by atoms with E-state index in [-0.39, 0.29) is 5.54 Å². The largest absolute Gasteiger partial charge is 0.435 e. The lowest BCUT2D eigenvalue weighted by molar-refractivity contribution is -0.141. The second kappa shape index (κ2) is 5.44. The molecule has 21 heavy (non-hydrogen) atoms. The third kappa shape index (κ3) is 2.84. The number of rotatable bonds is 1. The summed E-state index contributed by atoms with van der Waals surface area (Å²) >= 11 is 0. The maximum atomic E-state index is 12.6. The number of nitrogens with zero attached hydrogens (tertiary/aromatic N) is 3. The quantitative estimate of drug-likeness (QED) is 0.865. The zero-order valence-corrected chi connectivity index (χ0v) is 11.8. The van der Waals surface area contributed by atoms with Crippen molar-refractivity contribution in [3.8, 4) is 0 Å². The number of nitrogens with one attached hydrogen (secondary N) is 1. The third-order valence-electron chi connectivity index (χ3n) is 4.54. The number of aromatic nitrogens is 2. The highest BCUT2D eigenvalue weighted by Crippen LogP contribution is 2.37. The van der Waals surface area contributed by atoms with Gasteiger partial charge in [-0.3, -0.25) is 0 Å². The highest BCUT2D eigenvalue weighted by atomic mass is 19.4. The lowest BCUT2D eigenvalue weighted by Crippen LogP contribution is -2.62. The summed E-state index contributed by atoms with van der Waals surface area (Å²) in [7, 11) is 0. The molecule has 116 valence electrons. The van der Waals surface area contributed by atoms with Crippen molar-refractivity contribution >= 4 is 5.82 Å². The first-order valence-electron chi connectivity index (χ1n) is 7.41. The van der Waals surface area contributed by atoms with Gasteiger partial charge in [-0.05, 0) is 25.0 Å². The van der Waals surface area contributed by atoms with E-state index in [9.17, 15) is 13.2 Å². The number of piperazine rings is 1. The Labute approximate surface area is 121 Å². The molecule has 2 aliphatic rings. The van der Waals surface area contributed by atoms with E-state index in [1.54, 1.807) is 0 Å². The molecule has 7 heteroatoms. The Bertz CT molecular complexity index is 472. The minimum Gasteiger partial charge on any atom is -0.347 e. The topological polar surface area (TPSA) is 41.0 Å². The van der Waals surface area contributed by atoms with E-state index in [2.05, 4.69) is 20.4 Å². The van der Waals surface area contributed by atoms with Crippen molar-refractivity contribution in [1.82, 2.24) is 15.5 Å². The molecule has 1 aliphatic heterocycles. The minimum absolute atomic E-state index is 0.00900. The number of halogens is 3. The van der Waals surface area contributed by atoms with Crippen LogP contribution < -0.4 is 10.2 Å². The molecule has 1 saturated heterocycles. The molecule has 0 bridgehead atoms. The van der Waals surface area contributed by atoms with Gasteiger partial charge in [0.1, 0.15) is 0 Å². The van der Waals surface area contributed by atoms with Gasteiger partial charge >= 0.3 is 6.18 Å². The molecular formula is C14H19F3N4. The van der Waals surface area contributed by atoms with Crippen LogP contribution in [-0.4, -0.2) is 35.4 Å². The van der Waals surface area contributed by atoms with Crippen molar-refractivity contribution < 1.29 is 13.2 Å². The Morgan fingerprint density at radius 3 is 2.48 bits per heavy atom. The van der Waals surface area contributed by atoms with Crippen molar-refractivity contribution in [3.05, 3.63) is 17.8 Å². The molecular weight excluding hydrogens is 281 g/mol. The first-order chi connectivity index (χ1) is 10.0. The molecule has 4 nitrogen and oxygen atoms in total. The van der Waals surface area contributed by atoms with Gasteiger partial charge in [0.2, 0.25) is 0 Å². The van der Waals surface area contributed by atoms with E-state index in [0.717, 1.165) is 51.4 Å². The van der Waals surface area contributed by atoms with Crippen LogP contribution in [0, 0.1) is 0 Å². The van der Waals surface area contributed by atoms with Crippen molar-refractivity contribution in [1.29, 1.82) is 0 Å². The second-order valence-corrected chi connectivity index (χ2v) is 5.89. The van der Waals surface area contributed by atoms with Gasteiger partial charge in [0.15, 0.2) is 11.5 Å². The summed E-state index contributed by atoms with van der Waals surface area (Å²) in [6.07, 6.45) is 1.23. The van der Waals surface area contributed by atoms with Crippen molar-refractivity contribution in [2.24, 2.45) is 0 Å². The van der Waals surface area contributed by atoms with Gasteiger partial charge in [-0.2, -0.15) is 13.2 Å². The van der Waals surface area contributed by atoms with Gasteiger partial charge < -0.3 is 10.2 Å². The fourth-order valence-electron chi connectivity index (χ4n) is 3.48. The number of hydrogen-bond donors (Lipinski definition) is 1. The molecule has 1 aromatic rings. The minimum atomic E-state index is -4.43. The van der Waals surface area contributed by atoms with E-state index in [4.69, 9.17) is 0 Å². The van der Waals surface area contributed by atoms with Gasteiger partial charge in [0.25, 0.3) is 0 Å². The molecule has 3 rings (SSSR count). The van der Waals surface area contributed by atoms with Crippen LogP contribution in [0.2, 0.25) is 0 Å². The predicted molar refractivity (Wildman–Crippen MR) is 73.1 cm³/mol. The van der Waals surface area contributed by atoms with Crippen LogP contribution in [-0.2, 0) is 6.18 Å². The highest BCUT2D eigenvalue weighted by molar-refractivity contribution is 5.43. The molecule has 2 heterocycles. The molecule has 1 spiro atoms. The lowest BCUT2D eigenvalue weighted by Gasteiger charge is -2.50. The zero-order chi connectivity index (χ0) is 14.9. The van der Waals surface area contributed by atoms with Crippen LogP contribution in [0.15, 0.2) is 12.1 Å². The van der Waals surface area contributed by atoms with Gasteiger partial charge in [-0.1, -0.05) is 19.3 Å². The summed E-state index contributed by atoms with van der Waals surface area (Å²) in [4.78, 5) is 2.16. The van der Waals surface area contributed by atoms with Gasteiger partial charge in [-0.25, -0.2) is 0 Å². The van der Waals surface area contributed by atoms with E-state index >= 15 is 0 Å². The Morgan fingerprint density at radius 1 is 1.10 bits per heavy atom. The molecule has 0 amide bonds. The molecule has 2 fully saturated rings. The van der Waals surface area contributed by atoms with Crippen molar-refractivity contribution in [3.63, 3.8) is 0 Å². The summed E-state index contributed by atoms with van der Waals surface area (Å²) in [5.74, 6) is 0.561. The van der Waals surface area contributed by atoms with Crippen molar-refractivity contribution in [2.75, 3.05) is 24.5 Å². The molecule has 0 aromatic carbocycles. The lowest BCUT2D eigenvalue weighted by atomic mass is 9.79.